The lowest BCUT2D eigenvalue weighted by atomic mass is 10.0. The highest BCUT2D eigenvalue weighted by Crippen LogP contribution is 2.17. The monoisotopic (exact) mass is 715 g/mol. The van der Waals surface area contributed by atoms with Crippen LogP contribution in [-0.4, -0.2) is 120 Å². The summed E-state index contributed by atoms with van der Waals surface area (Å²) in [4.78, 5) is 90.3. The Bertz CT molecular complexity index is 1080. The molecular formula is C33H61N7O10. The smallest absolute Gasteiger partial charge is 0.322 e. The second kappa shape index (κ2) is 29.4. The van der Waals surface area contributed by atoms with Crippen LogP contribution in [0, 0.1) is 5.92 Å². The molecule has 0 radical (unpaired) electrons. The van der Waals surface area contributed by atoms with Crippen LogP contribution in [0.2, 0.25) is 0 Å². The van der Waals surface area contributed by atoms with Crippen LogP contribution in [-0.2, 0) is 38.3 Å². The van der Waals surface area contributed by atoms with Crippen LogP contribution in [0.3, 0.4) is 0 Å². The lowest BCUT2D eigenvalue weighted by Gasteiger charge is -2.27. The Balaban J connectivity index is -0.000000725. The van der Waals surface area contributed by atoms with Gasteiger partial charge < -0.3 is 41.7 Å². The third-order valence-corrected chi connectivity index (χ3v) is 6.55. The topological polar surface area (TPSA) is 247 Å². The standard InChI is InChI=1S/C17H28N2O4.C10H17N3O5.C4H10N2O.C2H6/c1-12(2)13(3)18-14(20)8-9-17(4,5)23-11-10-19-15(21)6-7-16(19)22;1-2-3-13(9(16)4-11-7-14)6-8(15)12-5-10(17)18;1-2-3-6-4(5)7;1-2/h6-7,12-13H,8-11H2,1-5H3,(H,18,20);7H,2-6H2,1H3,(H,11,14)(H,12,15)(H,17,18);2-3H2,1H3,(H3,5,6,7);1-2H3. The van der Waals surface area contributed by atoms with E-state index in [1.807, 2.05) is 48.5 Å². The molecule has 1 unspecified atom stereocenters. The highest BCUT2D eigenvalue weighted by Gasteiger charge is 2.25. The van der Waals surface area contributed by atoms with Crippen LogP contribution >= 0.6 is 0 Å². The van der Waals surface area contributed by atoms with Crippen molar-refractivity contribution in [2.45, 2.75) is 99.6 Å². The largest absolute Gasteiger partial charge is 0.480 e. The molecule has 1 atom stereocenters. The van der Waals surface area contributed by atoms with Crippen LogP contribution in [0.4, 0.5) is 4.79 Å². The van der Waals surface area contributed by atoms with E-state index in [-0.39, 0.29) is 50.0 Å². The first kappa shape index (κ1) is 49.8. The van der Waals surface area contributed by atoms with Crippen molar-refractivity contribution in [2.75, 3.05) is 45.9 Å². The van der Waals surface area contributed by atoms with E-state index < -0.39 is 36.0 Å². The summed E-state index contributed by atoms with van der Waals surface area (Å²) in [6, 6.07) is -0.298. The minimum Gasteiger partial charge on any atom is -0.480 e. The van der Waals surface area contributed by atoms with Crippen LogP contribution in [0.15, 0.2) is 12.2 Å². The molecule has 0 aromatic rings. The lowest BCUT2D eigenvalue weighted by molar-refractivity contribution is -0.140. The predicted molar refractivity (Wildman–Crippen MR) is 188 cm³/mol. The molecule has 50 heavy (non-hydrogen) atoms. The van der Waals surface area contributed by atoms with E-state index in [0.717, 1.165) is 11.3 Å². The molecule has 7 N–H and O–H groups in total. The van der Waals surface area contributed by atoms with Gasteiger partial charge >= 0.3 is 12.0 Å². The molecule has 0 saturated carbocycles. The maximum Gasteiger partial charge on any atom is 0.322 e. The number of carbonyl (C=O) groups is 8. The van der Waals surface area contributed by atoms with E-state index in [1.165, 1.54) is 17.1 Å². The summed E-state index contributed by atoms with van der Waals surface area (Å²) < 4.78 is 5.74. The Hall–Kier alpha value is -4.54. The maximum absolute atomic E-state index is 11.9. The number of nitrogens with two attached hydrogens (primary N) is 1. The Morgan fingerprint density at radius 2 is 1.56 bits per heavy atom. The second-order valence-corrected chi connectivity index (χ2v) is 11.6. The fraction of sp³-hybridized carbons (Fsp3) is 0.697. The number of hydrogen-bond donors (Lipinski definition) is 6. The maximum atomic E-state index is 11.9. The van der Waals surface area contributed by atoms with E-state index in [0.29, 0.717) is 44.7 Å². The number of carboxylic acids is 1. The number of amides is 8. The van der Waals surface area contributed by atoms with Gasteiger partial charge in [0.2, 0.25) is 24.1 Å². The average Bonchev–Trinajstić information content (AvgIpc) is 3.38. The minimum atomic E-state index is -1.15. The first-order valence-electron chi connectivity index (χ1n) is 16.8. The predicted octanol–water partition coefficient (Wildman–Crippen LogP) is 0.910. The normalized spacial score (nSPS) is 12.2. The number of primary amides is 1. The molecule has 0 saturated heterocycles. The molecular weight excluding hydrogens is 654 g/mol. The molecule has 1 aliphatic heterocycles. The number of carboxylic acid groups (broad SMARTS) is 1. The van der Waals surface area contributed by atoms with Gasteiger partial charge in [-0.25, -0.2) is 4.79 Å². The van der Waals surface area contributed by atoms with Gasteiger partial charge in [-0.05, 0) is 46.0 Å². The average molecular weight is 716 g/mol. The summed E-state index contributed by atoms with van der Waals surface area (Å²) in [6.45, 7) is 18.4. The highest BCUT2D eigenvalue weighted by atomic mass is 16.5. The summed E-state index contributed by atoms with van der Waals surface area (Å²) in [5.41, 5.74) is 4.24. The van der Waals surface area contributed by atoms with E-state index in [2.05, 4.69) is 35.1 Å². The number of imide groups is 1. The molecule has 0 aliphatic carbocycles. The zero-order valence-electron chi connectivity index (χ0n) is 31.3. The zero-order chi connectivity index (χ0) is 39.3. The fourth-order valence-electron chi connectivity index (χ4n) is 3.50. The van der Waals surface area contributed by atoms with Gasteiger partial charge in [0, 0.05) is 37.7 Å². The third kappa shape index (κ3) is 27.4. The number of aliphatic carboxylic acids is 1. The van der Waals surface area contributed by atoms with Gasteiger partial charge in [-0.3, -0.25) is 38.5 Å². The number of ether oxygens (including phenoxy) is 1. The van der Waals surface area contributed by atoms with Crippen LogP contribution in [0.5, 0.6) is 0 Å². The van der Waals surface area contributed by atoms with E-state index in [1.54, 1.807) is 0 Å². The van der Waals surface area contributed by atoms with E-state index >= 15 is 0 Å². The van der Waals surface area contributed by atoms with E-state index in [4.69, 9.17) is 15.6 Å². The van der Waals surface area contributed by atoms with Crippen LogP contribution in [0.25, 0.3) is 0 Å². The number of nitrogens with zero attached hydrogens (tertiary/aromatic N) is 2. The summed E-state index contributed by atoms with van der Waals surface area (Å²) in [5.74, 6) is -2.31. The zero-order valence-corrected chi connectivity index (χ0v) is 31.3. The van der Waals surface area contributed by atoms with Gasteiger partial charge in [-0.2, -0.15) is 0 Å². The van der Waals surface area contributed by atoms with Crippen molar-refractivity contribution in [1.82, 2.24) is 31.1 Å². The van der Waals surface area contributed by atoms with Crippen molar-refractivity contribution >= 4 is 47.9 Å². The molecule has 17 nitrogen and oxygen atoms in total. The number of carbonyl (C=O) groups excluding carboxylic acids is 7. The molecule has 0 spiro atoms. The Morgan fingerprint density at radius 3 is 2.00 bits per heavy atom. The molecule has 1 heterocycles. The van der Waals surface area contributed by atoms with Gasteiger partial charge in [0.05, 0.1) is 31.8 Å². The molecule has 1 aliphatic rings. The third-order valence-electron chi connectivity index (χ3n) is 6.55. The van der Waals surface area contributed by atoms with Gasteiger partial charge in [0.1, 0.15) is 6.54 Å². The quantitative estimate of drug-likeness (QED) is 0.0768. The first-order chi connectivity index (χ1) is 23.4. The van der Waals surface area contributed by atoms with Crippen LogP contribution < -0.4 is 27.0 Å². The fourth-order valence-corrected chi connectivity index (χ4v) is 3.50. The minimum absolute atomic E-state index is 0.0111. The second-order valence-electron chi connectivity index (χ2n) is 11.6. The molecule has 1 rings (SSSR count). The summed E-state index contributed by atoms with van der Waals surface area (Å²) in [5, 5.41) is 18.2. The lowest BCUT2D eigenvalue weighted by Crippen LogP contribution is -2.45. The molecule has 0 fully saturated rings. The van der Waals surface area contributed by atoms with Crippen molar-refractivity contribution in [2.24, 2.45) is 11.7 Å². The van der Waals surface area contributed by atoms with E-state index in [9.17, 15) is 38.4 Å². The Labute approximate surface area is 296 Å². The first-order valence-corrected chi connectivity index (χ1v) is 16.8. The number of rotatable bonds is 20. The highest BCUT2D eigenvalue weighted by molar-refractivity contribution is 6.12. The van der Waals surface area contributed by atoms with Gasteiger partial charge in [0.15, 0.2) is 0 Å². The van der Waals surface area contributed by atoms with Crippen LogP contribution in [0.1, 0.15) is 88.0 Å². The molecule has 8 amide bonds. The summed E-state index contributed by atoms with van der Waals surface area (Å²) in [7, 11) is 0. The number of nitrogens with one attached hydrogen (secondary N) is 4. The van der Waals surface area contributed by atoms with Crippen molar-refractivity contribution in [1.29, 1.82) is 0 Å². The molecule has 0 aromatic carbocycles. The Kier molecular flexibility index (Phi) is 29.3. The van der Waals surface area contributed by atoms with Crippen molar-refractivity contribution < 1.29 is 48.2 Å². The van der Waals surface area contributed by atoms with Gasteiger partial charge in [-0.15, -0.1) is 0 Å². The van der Waals surface area contributed by atoms with Crippen molar-refractivity contribution in [3.8, 4) is 0 Å². The molecule has 0 aromatic heterocycles. The van der Waals surface area contributed by atoms with Crippen molar-refractivity contribution in [3.05, 3.63) is 12.2 Å². The SMILES string of the molecule is CC.CC(C)C(C)NC(=O)CCC(C)(C)OCCN1C(=O)C=CC1=O.CCCN(CC(=O)NCC(=O)O)C(=O)CNC=O.CCCNC(N)=O. The number of urea groups is 1. The van der Waals surface area contributed by atoms with Crippen molar-refractivity contribution in [3.63, 3.8) is 0 Å². The molecule has 17 heteroatoms. The molecule has 0 bridgehead atoms. The summed E-state index contributed by atoms with van der Waals surface area (Å²) in [6.07, 6.45) is 5.45. The van der Waals surface area contributed by atoms with Gasteiger partial charge in [0.25, 0.3) is 11.8 Å². The number of hydrogen-bond acceptors (Lipinski definition) is 9. The summed E-state index contributed by atoms with van der Waals surface area (Å²) >= 11 is 0. The van der Waals surface area contributed by atoms with Gasteiger partial charge in [-0.1, -0.05) is 41.5 Å². The molecule has 288 valence electrons. The Morgan fingerprint density at radius 1 is 0.980 bits per heavy atom.